The summed E-state index contributed by atoms with van der Waals surface area (Å²) in [6.45, 7) is 7.36. The molecule has 0 spiro atoms. The van der Waals surface area contributed by atoms with Crippen LogP contribution in [-0.4, -0.2) is 83.9 Å². The summed E-state index contributed by atoms with van der Waals surface area (Å²) in [5.41, 5.74) is 1.55. The van der Waals surface area contributed by atoms with Crippen LogP contribution in [0.4, 0.5) is 11.5 Å². The number of carbonyl (C=O) groups excluding carboxylic acids is 2. The Bertz CT molecular complexity index is 858. The van der Waals surface area contributed by atoms with Crippen molar-refractivity contribution >= 4 is 23.3 Å². The Morgan fingerprint density at radius 2 is 1.55 bits per heavy atom. The molecule has 2 fully saturated rings. The molecule has 2 saturated heterocycles. The van der Waals surface area contributed by atoms with Crippen LogP contribution in [0.5, 0.6) is 0 Å². The van der Waals surface area contributed by atoms with Crippen molar-refractivity contribution < 1.29 is 9.59 Å². The number of pyridine rings is 2. The van der Waals surface area contributed by atoms with Gasteiger partial charge in [0.2, 0.25) is 5.91 Å². The molecular formula is C21H26N6O2. The van der Waals surface area contributed by atoms with Gasteiger partial charge in [-0.1, -0.05) is 6.07 Å². The molecule has 8 nitrogen and oxygen atoms in total. The molecule has 0 atom stereocenters. The highest BCUT2D eigenvalue weighted by Gasteiger charge is 2.24. The molecule has 0 aliphatic carbocycles. The van der Waals surface area contributed by atoms with Crippen molar-refractivity contribution in [2.75, 3.05) is 62.2 Å². The second-order valence-electron chi connectivity index (χ2n) is 7.39. The number of piperazine rings is 2. The Balaban J connectivity index is 1.37. The fourth-order valence-corrected chi connectivity index (χ4v) is 3.86. The molecule has 4 rings (SSSR count). The largest absolute Gasteiger partial charge is 0.367 e. The summed E-state index contributed by atoms with van der Waals surface area (Å²) < 4.78 is 0. The lowest BCUT2D eigenvalue weighted by molar-refractivity contribution is -0.129. The maximum absolute atomic E-state index is 13.0. The fraction of sp³-hybridized carbons (Fsp3) is 0.429. The minimum Gasteiger partial charge on any atom is -0.367 e. The number of aromatic nitrogens is 2. The summed E-state index contributed by atoms with van der Waals surface area (Å²) >= 11 is 0. The summed E-state index contributed by atoms with van der Waals surface area (Å²) in [6.07, 6.45) is 5.22. The van der Waals surface area contributed by atoms with E-state index < -0.39 is 0 Å². The summed E-state index contributed by atoms with van der Waals surface area (Å²) in [4.78, 5) is 41.3. The van der Waals surface area contributed by atoms with Crippen molar-refractivity contribution in [2.24, 2.45) is 0 Å². The normalized spacial score (nSPS) is 17.4. The van der Waals surface area contributed by atoms with E-state index in [1.165, 1.54) is 0 Å². The molecule has 0 N–H and O–H groups in total. The number of amides is 2. The molecule has 2 aliphatic rings. The SMILES string of the molecule is CC(=O)N1CCN(c2cncc(C(=O)N3CCN(c4ccccn4)CC3)c2)CC1. The molecule has 8 heteroatoms. The number of rotatable bonds is 3. The van der Waals surface area contributed by atoms with E-state index in [1.807, 2.05) is 34.1 Å². The van der Waals surface area contributed by atoms with Gasteiger partial charge in [-0.25, -0.2) is 4.98 Å². The number of nitrogens with zero attached hydrogens (tertiary/aromatic N) is 6. The maximum atomic E-state index is 13.0. The van der Waals surface area contributed by atoms with Gasteiger partial charge < -0.3 is 19.6 Å². The molecule has 29 heavy (non-hydrogen) atoms. The summed E-state index contributed by atoms with van der Waals surface area (Å²) in [7, 11) is 0. The van der Waals surface area contributed by atoms with Crippen molar-refractivity contribution in [3.8, 4) is 0 Å². The van der Waals surface area contributed by atoms with Crippen molar-refractivity contribution in [3.63, 3.8) is 0 Å². The first-order valence-corrected chi connectivity index (χ1v) is 10.0. The average Bonchev–Trinajstić information content (AvgIpc) is 2.79. The molecule has 2 aromatic rings. The number of carbonyl (C=O) groups is 2. The Morgan fingerprint density at radius 1 is 0.862 bits per heavy atom. The van der Waals surface area contributed by atoms with Gasteiger partial charge in [0.15, 0.2) is 0 Å². The quantitative estimate of drug-likeness (QED) is 0.777. The predicted molar refractivity (Wildman–Crippen MR) is 111 cm³/mol. The van der Waals surface area contributed by atoms with Gasteiger partial charge in [-0.05, 0) is 18.2 Å². The first-order valence-electron chi connectivity index (χ1n) is 10.0. The molecule has 0 radical (unpaired) electrons. The van der Waals surface area contributed by atoms with Gasteiger partial charge in [0.1, 0.15) is 5.82 Å². The third kappa shape index (κ3) is 4.31. The van der Waals surface area contributed by atoms with E-state index in [9.17, 15) is 9.59 Å². The summed E-state index contributed by atoms with van der Waals surface area (Å²) in [5.74, 6) is 1.08. The zero-order chi connectivity index (χ0) is 20.2. The maximum Gasteiger partial charge on any atom is 0.255 e. The number of hydrogen-bond acceptors (Lipinski definition) is 6. The van der Waals surface area contributed by atoms with E-state index in [2.05, 4.69) is 19.8 Å². The van der Waals surface area contributed by atoms with Crippen LogP contribution in [0.25, 0.3) is 0 Å². The van der Waals surface area contributed by atoms with E-state index in [-0.39, 0.29) is 11.8 Å². The highest BCUT2D eigenvalue weighted by atomic mass is 16.2. The van der Waals surface area contributed by atoms with E-state index in [0.29, 0.717) is 31.7 Å². The van der Waals surface area contributed by atoms with E-state index in [0.717, 1.165) is 37.7 Å². The standard InChI is InChI=1S/C21H26N6O2/c1-17(28)24-6-8-25(9-7-24)19-14-18(15-22-16-19)21(29)27-12-10-26(11-13-27)20-4-2-3-5-23-20/h2-5,14-16H,6-13H2,1H3. The molecule has 2 aromatic heterocycles. The van der Waals surface area contributed by atoms with Crippen LogP contribution in [0, 0.1) is 0 Å². The Hall–Kier alpha value is -3.16. The third-order valence-electron chi connectivity index (χ3n) is 5.60. The lowest BCUT2D eigenvalue weighted by Gasteiger charge is -2.36. The lowest BCUT2D eigenvalue weighted by Crippen LogP contribution is -2.49. The van der Waals surface area contributed by atoms with Crippen LogP contribution in [0.1, 0.15) is 17.3 Å². The average molecular weight is 394 g/mol. The molecule has 4 heterocycles. The van der Waals surface area contributed by atoms with Gasteiger partial charge in [0.05, 0.1) is 17.4 Å². The molecule has 2 aliphatic heterocycles. The van der Waals surface area contributed by atoms with Crippen LogP contribution < -0.4 is 9.80 Å². The van der Waals surface area contributed by atoms with Gasteiger partial charge in [-0.2, -0.15) is 0 Å². The highest BCUT2D eigenvalue weighted by Crippen LogP contribution is 2.19. The van der Waals surface area contributed by atoms with Crippen molar-refractivity contribution in [2.45, 2.75) is 6.92 Å². The third-order valence-corrected chi connectivity index (χ3v) is 5.60. The second kappa shape index (κ2) is 8.46. The molecule has 0 bridgehead atoms. The smallest absolute Gasteiger partial charge is 0.255 e. The molecule has 0 saturated carbocycles. The first kappa shape index (κ1) is 19.2. The topological polar surface area (TPSA) is 72.9 Å². The Kier molecular flexibility index (Phi) is 5.59. The molecule has 2 amide bonds. The first-order chi connectivity index (χ1) is 14.1. The van der Waals surface area contributed by atoms with Gasteiger partial charge in [0, 0.05) is 71.7 Å². The van der Waals surface area contributed by atoms with Gasteiger partial charge >= 0.3 is 0 Å². The van der Waals surface area contributed by atoms with E-state index in [1.54, 1.807) is 25.5 Å². The fourth-order valence-electron chi connectivity index (χ4n) is 3.86. The van der Waals surface area contributed by atoms with Gasteiger partial charge in [0.25, 0.3) is 5.91 Å². The minimum absolute atomic E-state index is 0.0161. The van der Waals surface area contributed by atoms with Crippen LogP contribution in [-0.2, 0) is 4.79 Å². The monoisotopic (exact) mass is 394 g/mol. The van der Waals surface area contributed by atoms with Crippen LogP contribution in [0.15, 0.2) is 42.9 Å². The predicted octanol–water partition coefficient (Wildman–Crippen LogP) is 1.11. The van der Waals surface area contributed by atoms with Crippen LogP contribution in [0.2, 0.25) is 0 Å². The zero-order valence-corrected chi connectivity index (χ0v) is 16.7. The summed E-state index contributed by atoms with van der Waals surface area (Å²) in [6, 6.07) is 7.80. The van der Waals surface area contributed by atoms with Crippen molar-refractivity contribution in [1.82, 2.24) is 19.8 Å². The van der Waals surface area contributed by atoms with Crippen LogP contribution in [0.3, 0.4) is 0 Å². The van der Waals surface area contributed by atoms with Gasteiger partial charge in [-0.15, -0.1) is 0 Å². The molecular weight excluding hydrogens is 368 g/mol. The Morgan fingerprint density at radius 3 is 2.21 bits per heavy atom. The highest BCUT2D eigenvalue weighted by molar-refractivity contribution is 5.95. The molecule has 0 aromatic carbocycles. The minimum atomic E-state index is 0.0161. The van der Waals surface area contributed by atoms with Gasteiger partial charge in [-0.3, -0.25) is 14.6 Å². The zero-order valence-electron chi connectivity index (χ0n) is 16.7. The number of hydrogen-bond donors (Lipinski definition) is 0. The molecule has 0 unspecified atom stereocenters. The number of anilines is 2. The van der Waals surface area contributed by atoms with Crippen LogP contribution >= 0.6 is 0 Å². The second-order valence-corrected chi connectivity index (χ2v) is 7.39. The lowest BCUT2D eigenvalue weighted by atomic mass is 10.2. The van der Waals surface area contributed by atoms with Crippen molar-refractivity contribution in [1.29, 1.82) is 0 Å². The van der Waals surface area contributed by atoms with E-state index in [4.69, 9.17) is 0 Å². The van der Waals surface area contributed by atoms with Crippen molar-refractivity contribution in [3.05, 3.63) is 48.4 Å². The van der Waals surface area contributed by atoms with E-state index >= 15 is 0 Å². The Labute approximate surface area is 170 Å². The summed E-state index contributed by atoms with van der Waals surface area (Å²) in [5, 5.41) is 0. The molecule has 152 valence electrons.